The number of rotatable bonds is 6. The van der Waals surface area contributed by atoms with Crippen LogP contribution in [0, 0.1) is 0 Å². The maximum atomic E-state index is 2.28. The minimum atomic E-state index is 1.18. The van der Waals surface area contributed by atoms with Crippen LogP contribution in [-0.2, 0) is 0 Å². The molecule has 0 amide bonds. The maximum Gasteiger partial charge on any atom is 0.0464 e. The van der Waals surface area contributed by atoms with Gasteiger partial charge in [0.05, 0.1) is 0 Å². The second-order valence-electron chi connectivity index (χ2n) is 1.76. The van der Waals surface area contributed by atoms with Crippen molar-refractivity contribution in [2.75, 3.05) is 17.3 Å². The van der Waals surface area contributed by atoms with E-state index >= 15 is 0 Å². The predicted molar refractivity (Wildman–Crippen MR) is 62.5 cm³/mol. The van der Waals surface area contributed by atoms with Crippen LogP contribution in [0.3, 0.4) is 0 Å². The van der Waals surface area contributed by atoms with Crippen LogP contribution in [0.4, 0.5) is 0 Å². The topological polar surface area (TPSA) is 0 Å². The Kier molecular flexibility index (Phi) is 9.52. The van der Waals surface area contributed by atoms with Crippen molar-refractivity contribution in [2.45, 2.75) is 20.8 Å². The fourth-order valence-corrected chi connectivity index (χ4v) is 3.41. The first-order chi connectivity index (χ1) is 5.35. The van der Waals surface area contributed by atoms with E-state index in [0.717, 1.165) is 0 Å². The summed E-state index contributed by atoms with van der Waals surface area (Å²) >= 11 is 5.78. The lowest BCUT2D eigenvalue weighted by Crippen LogP contribution is -1.73. The molecule has 0 unspecified atom stereocenters. The van der Waals surface area contributed by atoms with Crippen LogP contribution in [0.25, 0.3) is 0 Å². The standard InChI is InChI=1S/C8H16S3/c1-4-9-7-8(10-5-2)11-6-3/h7H,4-6H2,1-3H3. The molecule has 0 aromatic rings. The van der Waals surface area contributed by atoms with Crippen LogP contribution in [0.1, 0.15) is 20.8 Å². The summed E-state index contributed by atoms with van der Waals surface area (Å²) in [6.07, 6.45) is 0. The third-order valence-corrected chi connectivity index (χ3v) is 4.04. The van der Waals surface area contributed by atoms with E-state index in [4.69, 9.17) is 0 Å². The molecule has 0 rings (SSSR count). The van der Waals surface area contributed by atoms with Gasteiger partial charge in [-0.05, 0) is 22.7 Å². The number of thioether (sulfide) groups is 3. The monoisotopic (exact) mass is 208 g/mol. The average molecular weight is 208 g/mol. The lowest BCUT2D eigenvalue weighted by Gasteiger charge is -2.01. The van der Waals surface area contributed by atoms with Crippen molar-refractivity contribution >= 4 is 35.3 Å². The van der Waals surface area contributed by atoms with Crippen molar-refractivity contribution in [2.24, 2.45) is 0 Å². The van der Waals surface area contributed by atoms with Crippen molar-refractivity contribution in [3.63, 3.8) is 0 Å². The lowest BCUT2D eigenvalue weighted by molar-refractivity contribution is 1.52. The largest absolute Gasteiger partial charge is 0.133 e. The Morgan fingerprint density at radius 2 is 1.55 bits per heavy atom. The molecule has 0 aliphatic heterocycles. The summed E-state index contributed by atoms with van der Waals surface area (Å²) in [5, 5.41) is 2.28. The first-order valence-electron chi connectivity index (χ1n) is 3.92. The second-order valence-corrected chi connectivity index (χ2v) is 5.77. The van der Waals surface area contributed by atoms with Crippen LogP contribution in [0.15, 0.2) is 9.65 Å². The van der Waals surface area contributed by atoms with Crippen LogP contribution in [0.2, 0.25) is 0 Å². The molecule has 3 heteroatoms. The van der Waals surface area contributed by atoms with E-state index in [9.17, 15) is 0 Å². The average Bonchev–Trinajstić information content (AvgIpc) is 2.01. The molecule has 0 radical (unpaired) electrons. The van der Waals surface area contributed by atoms with Gasteiger partial charge in [0.15, 0.2) is 0 Å². The van der Waals surface area contributed by atoms with Gasteiger partial charge in [0.25, 0.3) is 0 Å². The zero-order chi connectivity index (χ0) is 8.53. The maximum absolute atomic E-state index is 2.28. The highest BCUT2D eigenvalue weighted by Crippen LogP contribution is 2.30. The summed E-state index contributed by atoms with van der Waals surface area (Å²) < 4.78 is 1.47. The number of hydrogen-bond donors (Lipinski definition) is 0. The van der Waals surface area contributed by atoms with E-state index in [0.29, 0.717) is 0 Å². The Balaban J connectivity index is 3.66. The van der Waals surface area contributed by atoms with Gasteiger partial charge in [0.1, 0.15) is 0 Å². The summed E-state index contributed by atoms with van der Waals surface area (Å²) in [5.74, 6) is 3.55. The molecule has 0 atom stereocenters. The Hall–Kier alpha value is 0.790. The van der Waals surface area contributed by atoms with E-state index in [-0.39, 0.29) is 0 Å². The highest BCUT2D eigenvalue weighted by atomic mass is 32.2. The first-order valence-corrected chi connectivity index (χ1v) is 6.94. The zero-order valence-electron chi connectivity index (χ0n) is 7.42. The van der Waals surface area contributed by atoms with Crippen LogP contribution < -0.4 is 0 Å². The normalized spacial score (nSPS) is 9.73. The van der Waals surface area contributed by atoms with Gasteiger partial charge in [-0.25, -0.2) is 0 Å². The van der Waals surface area contributed by atoms with Gasteiger partial charge in [-0.1, -0.05) is 20.8 Å². The molecule has 66 valence electrons. The quantitative estimate of drug-likeness (QED) is 0.646. The second kappa shape index (κ2) is 8.88. The van der Waals surface area contributed by atoms with Gasteiger partial charge >= 0.3 is 0 Å². The highest BCUT2D eigenvalue weighted by molar-refractivity contribution is 8.23. The Morgan fingerprint density at radius 3 is 1.91 bits per heavy atom. The molecule has 11 heavy (non-hydrogen) atoms. The Labute approximate surface area is 83.0 Å². The predicted octanol–water partition coefficient (Wildman–Crippen LogP) is 4.04. The van der Waals surface area contributed by atoms with E-state index in [2.05, 4.69) is 26.2 Å². The molecule has 0 bridgehead atoms. The minimum Gasteiger partial charge on any atom is -0.133 e. The molecule has 0 aromatic carbocycles. The molecule has 0 fully saturated rings. The number of hydrogen-bond acceptors (Lipinski definition) is 3. The lowest BCUT2D eigenvalue weighted by atomic mass is 11.0. The minimum absolute atomic E-state index is 1.18. The van der Waals surface area contributed by atoms with Crippen molar-refractivity contribution in [3.05, 3.63) is 9.65 Å². The van der Waals surface area contributed by atoms with Crippen molar-refractivity contribution in [1.29, 1.82) is 0 Å². The Morgan fingerprint density at radius 1 is 1.00 bits per heavy atom. The zero-order valence-corrected chi connectivity index (χ0v) is 9.87. The smallest absolute Gasteiger partial charge is 0.0464 e. The molecular formula is C8H16S3. The van der Waals surface area contributed by atoms with Crippen LogP contribution in [0.5, 0.6) is 0 Å². The molecule has 0 saturated carbocycles. The van der Waals surface area contributed by atoms with E-state index < -0.39 is 0 Å². The van der Waals surface area contributed by atoms with E-state index in [1.165, 1.54) is 21.5 Å². The highest BCUT2D eigenvalue weighted by Gasteiger charge is 1.94. The molecule has 0 heterocycles. The summed E-state index contributed by atoms with van der Waals surface area (Å²) in [6.45, 7) is 6.59. The molecule has 0 saturated heterocycles. The molecule has 0 aromatic heterocycles. The SMILES string of the molecule is CCSC=C(SCC)SCC. The fourth-order valence-electron chi connectivity index (χ4n) is 0.546. The molecule has 0 spiro atoms. The van der Waals surface area contributed by atoms with E-state index in [1.54, 1.807) is 0 Å². The molecular weight excluding hydrogens is 192 g/mol. The van der Waals surface area contributed by atoms with Crippen molar-refractivity contribution in [1.82, 2.24) is 0 Å². The van der Waals surface area contributed by atoms with Crippen LogP contribution in [-0.4, -0.2) is 17.3 Å². The molecule has 0 aliphatic carbocycles. The summed E-state index contributed by atoms with van der Waals surface area (Å²) in [5.41, 5.74) is 0. The van der Waals surface area contributed by atoms with Gasteiger partial charge in [-0.2, -0.15) is 0 Å². The van der Waals surface area contributed by atoms with Gasteiger partial charge in [-0.15, -0.1) is 35.3 Å². The molecule has 0 aliphatic rings. The van der Waals surface area contributed by atoms with Gasteiger partial charge in [-0.3, -0.25) is 0 Å². The third kappa shape index (κ3) is 7.16. The van der Waals surface area contributed by atoms with Gasteiger partial charge in [0.2, 0.25) is 0 Å². The molecule has 0 nitrogen and oxygen atoms in total. The van der Waals surface area contributed by atoms with Crippen LogP contribution >= 0.6 is 35.3 Å². The van der Waals surface area contributed by atoms with Gasteiger partial charge in [0, 0.05) is 4.24 Å². The first kappa shape index (κ1) is 11.8. The fraction of sp³-hybridized carbons (Fsp3) is 0.750. The van der Waals surface area contributed by atoms with Gasteiger partial charge < -0.3 is 0 Å². The summed E-state index contributed by atoms with van der Waals surface area (Å²) in [6, 6.07) is 0. The van der Waals surface area contributed by atoms with Crippen molar-refractivity contribution < 1.29 is 0 Å². The Bertz CT molecular complexity index is 102. The molecule has 0 N–H and O–H groups in total. The summed E-state index contributed by atoms with van der Waals surface area (Å²) in [4.78, 5) is 0. The van der Waals surface area contributed by atoms with E-state index in [1.807, 2.05) is 35.3 Å². The summed E-state index contributed by atoms with van der Waals surface area (Å²) in [7, 11) is 0. The van der Waals surface area contributed by atoms with Crippen molar-refractivity contribution in [3.8, 4) is 0 Å². The third-order valence-electron chi connectivity index (χ3n) is 0.919.